The Morgan fingerprint density at radius 1 is 0.805 bits per heavy atom. The van der Waals surface area contributed by atoms with Gasteiger partial charge in [0.25, 0.3) is 11.8 Å². The molecule has 1 saturated heterocycles. The lowest BCUT2D eigenvalue weighted by Gasteiger charge is -2.28. The molecule has 208 valence electrons. The topological polar surface area (TPSA) is 122 Å². The molecule has 10 heteroatoms. The summed E-state index contributed by atoms with van der Waals surface area (Å²) in [6, 6.07) is 22.2. The number of rotatable bonds is 6. The zero-order chi connectivity index (χ0) is 28.7. The predicted molar refractivity (Wildman–Crippen MR) is 149 cm³/mol. The second-order valence-corrected chi connectivity index (χ2v) is 11.0. The van der Waals surface area contributed by atoms with Crippen LogP contribution < -0.4 is 15.8 Å². The molecule has 6 rings (SSSR count). The maximum atomic E-state index is 13.5. The van der Waals surface area contributed by atoms with Crippen LogP contribution in [0.2, 0.25) is 5.02 Å². The summed E-state index contributed by atoms with van der Waals surface area (Å²) in [6.45, 7) is -0.626. The molecule has 41 heavy (non-hydrogen) atoms. The van der Waals surface area contributed by atoms with E-state index in [9.17, 15) is 24.0 Å². The number of carbonyl (C=O) groups excluding carboxylic acids is 5. The molecule has 0 unspecified atom stereocenters. The van der Waals surface area contributed by atoms with Crippen molar-refractivity contribution in [2.24, 2.45) is 23.7 Å². The van der Waals surface area contributed by atoms with Crippen LogP contribution in [0.3, 0.4) is 0 Å². The van der Waals surface area contributed by atoms with Crippen molar-refractivity contribution in [3.8, 4) is 0 Å². The second-order valence-electron chi connectivity index (χ2n) is 10.6. The molecule has 3 aromatic carbocycles. The number of nitrogens with zero attached hydrogens (tertiary/aromatic N) is 1. The van der Waals surface area contributed by atoms with Crippen LogP contribution in [0.1, 0.15) is 45.0 Å². The molecule has 3 fully saturated rings. The fourth-order valence-electron chi connectivity index (χ4n) is 6.59. The highest BCUT2D eigenvalue weighted by molar-refractivity contribution is 6.30. The third-order valence-electron chi connectivity index (χ3n) is 8.36. The Morgan fingerprint density at radius 2 is 1.46 bits per heavy atom. The highest BCUT2D eigenvalue weighted by Gasteiger charge is 2.64. The first-order chi connectivity index (χ1) is 19.8. The fourth-order valence-corrected chi connectivity index (χ4v) is 6.72. The Hall–Kier alpha value is -4.50. The largest absolute Gasteiger partial charge is 0.452 e. The van der Waals surface area contributed by atoms with E-state index in [-0.39, 0.29) is 52.5 Å². The predicted octanol–water partition coefficient (Wildman–Crippen LogP) is 3.89. The first kappa shape index (κ1) is 26.7. The molecule has 2 bridgehead atoms. The number of esters is 1. The summed E-state index contributed by atoms with van der Waals surface area (Å²) in [5.41, 5.74) is 6.46. The number of anilines is 1. The normalized spacial score (nSPS) is 24.2. The molecule has 0 aromatic heterocycles. The Bertz CT molecular complexity index is 1530. The highest BCUT2D eigenvalue weighted by Crippen LogP contribution is 2.61. The number of hydrogen-bond acceptors (Lipinski definition) is 6. The minimum atomic E-state index is -0.768. The number of hydrogen-bond donors (Lipinski definition) is 2. The summed E-state index contributed by atoms with van der Waals surface area (Å²) in [6.07, 6.45) is 1.80. The first-order valence-electron chi connectivity index (χ1n) is 13.4. The number of halogens is 1. The number of fused-ring (bicyclic) bond motifs is 5. The average molecular weight is 572 g/mol. The van der Waals surface area contributed by atoms with E-state index in [4.69, 9.17) is 16.3 Å². The van der Waals surface area contributed by atoms with Crippen molar-refractivity contribution in [1.82, 2.24) is 10.9 Å². The molecule has 4 amide bonds. The molecule has 1 heterocycles. The number of carbonyl (C=O) groups is 5. The molecule has 3 aliphatic rings. The monoisotopic (exact) mass is 571 g/mol. The van der Waals surface area contributed by atoms with Gasteiger partial charge in [0.15, 0.2) is 6.61 Å². The van der Waals surface area contributed by atoms with Crippen molar-refractivity contribution in [2.75, 3.05) is 11.5 Å². The van der Waals surface area contributed by atoms with Crippen LogP contribution in [0.15, 0.2) is 78.9 Å². The van der Waals surface area contributed by atoms with Gasteiger partial charge in [-0.1, -0.05) is 41.9 Å². The Labute approximate surface area is 240 Å². The Balaban J connectivity index is 1.04. The van der Waals surface area contributed by atoms with E-state index in [0.717, 1.165) is 12.8 Å². The summed E-state index contributed by atoms with van der Waals surface area (Å²) in [7, 11) is 0. The van der Waals surface area contributed by atoms with Crippen LogP contribution in [0.5, 0.6) is 0 Å². The van der Waals surface area contributed by atoms with E-state index in [1.165, 1.54) is 59.0 Å². The smallest absolute Gasteiger partial charge is 0.338 e. The van der Waals surface area contributed by atoms with Gasteiger partial charge in [-0.2, -0.15) is 0 Å². The lowest BCUT2D eigenvalue weighted by molar-refractivity contribution is -0.125. The van der Waals surface area contributed by atoms with Crippen LogP contribution in [0, 0.1) is 23.7 Å². The van der Waals surface area contributed by atoms with Crippen molar-refractivity contribution in [3.05, 3.63) is 101 Å². The van der Waals surface area contributed by atoms with Gasteiger partial charge in [0.1, 0.15) is 0 Å². The van der Waals surface area contributed by atoms with Crippen molar-refractivity contribution in [1.29, 1.82) is 0 Å². The van der Waals surface area contributed by atoms with E-state index in [2.05, 4.69) is 23.0 Å². The van der Waals surface area contributed by atoms with E-state index in [1.54, 1.807) is 0 Å². The van der Waals surface area contributed by atoms with Crippen molar-refractivity contribution >= 4 is 46.9 Å². The zero-order valence-corrected chi connectivity index (χ0v) is 22.5. The molecule has 2 aliphatic carbocycles. The van der Waals surface area contributed by atoms with Crippen LogP contribution in [0.25, 0.3) is 0 Å². The Morgan fingerprint density at radius 3 is 2.17 bits per heavy atom. The van der Waals surface area contributed by atoms with Crippen LogP contribution in [-0.4, -0.2) is 36.2 Å². The summed E-state index contributed by atoms with van der Waals surface area (Å²) in [5, 5.41) is 0.468. The number of ether oxygens (including phenoxy) is 1. The van der Waals surface area contributed by atoms with Gasteiger partial charge < -0.3 is 4.74 Å². The third kappa shape index (κ3) is 4.97. The molecule has 0 spiro atoms. The van der Waals surface area contributed by atoms with Crippen molar-refractivity contribution < 1.29 is 28.7 Å². The maximum absolute atomic E-state index is 13.5. The molecule has 5 atom stereocenters. The highest BCUT2D eigenvalue weighted by atomic mass is 35.5. The van der Waals surface area contributed by atoms with Crippen LogP contribution in [-0.2, 0) is 19.1 Å². The van der Waals surface area contributed by atoms with Gasteiger partial charge in [-0.05, 0) is 84.7 Å². The molecular formula is C31H26ClN3O6. The standard InChI is InChI=1S/C31H26ClN3O6/c32-21-10-6-18(7-11-21)28(37)34-33-25(36)16-41-31(40)19-8-12-22(13-9-19)35-29(38)26-20-14-23(17-4-2-1-3-5-17)24(15-20)27(26)30(35)39/h1-13,20,23-24,26-27H,14-16H2,(H,33,36)(H,34,37)/t20-,23-,24+,26+,27+/m0/s1. The third-order valence-corrected chi connectivity index (χ3v) is 8.61. The second kappa shape index (κ2) is 10.8. The maximum Gasteiger partial charge on any atom is 0.338 e. The van der Waals surface area contributed by atoms with Gasteiger partial charge in [-0.3, -0.25) is 34.9 Å². The van der Waals surface area contributed by atoms with E-state index >= 15 is 0 Å². The van der Waals surface area contributed by atoms with Gasteiger partial charge >= 0.3 is 5.97 Å². The average Bonchev–Trinajstić information content (AvgIpc) is 3.66. The fraction of sp³-hybridized carbons (Fsp3) is 0.258. The minimum absolute atomic E-state index is 0.144. The number of benzene rings is 3. The van der Waals surface area contributed by atoms with Gasteiger partial charge in [0.05, 0.1) is 23.1 Å². The molecule has 1 aliphatic heterocycles. The molecular weight excluding hydrogens is 546 g/mol. The number of amides is 4. The van der Waals surface area contributed by atoms with Crippen molar-refractivity contribution in [2.45, 2.75) is 18.8 Å². The van der Waals surface area contributed by atoms with E-state index < -0.39 is 24.4 Å². The van der Waals surface area contributed by atoms with Gasteiger partial charge in [-0.15, -0.1) is 0 Å². The molecule has 2 saturated carbocycles. The summed E-state index contributed by atoms with van der Waals surface area (Å²) >= 11 is 5.79. The lowest BCUT2D eigenvalue weighted by atomic mass is 9.73. The number of imide groups is 1. The number of nitrogens with one attached hydrogen (secondary N) is 2. The summed E-state index contributed by atoms with van der Waals surface area (Å²) < 4.78 is 5.03. The quantitative estimate of drug-likeness (QED) is 0.263. The van der Waals surface area contributed by atoms with E-state index in [0.29, 0.717) is 10.7 Å². The van der Waals surface area contributed by atoms with Crippen LogP contribution >= 0.6 is 11.6 Å². The van der Waals surface area contributed by atoms with E-state index in [1.807, 2.05) is 18.2 Å². The van der Waals surface area contributed by atoms with Crippen LogP contribution in [0.4, 0.5) is 5.69 Å². The van der Waals surface area contributed by atoms with Gasteiger partial charge in [0, 0.05) is 10.6 Å². The molecule has 3 aromatic rings. The molecule has 0 radical (unpaired) electrons. The number of hydrazine groups is 1. The zero-order valence-electron chi connectivity index (χ0n) is 21.8. The summed E-state index contributed by atoms with van der Waals surface area (Å²) in [5.74, 6) is -2.43. The Kier molecular flexibility index (Phi) is 7.05. The summed E-state index contributed by atoms with van der Waals surface area (Å²) in [4.78, 5) is 64.7. The first-order valence-corrected chi connectivity index (χ1v) is 13.7. The minimum Gasteiger partial charge on any atom is -0.452 e. The molecule has 9 nitrogen and oxygen atoms in total. The molecule has 2 N–H and O–H groups in total. The lowest BCUT2D eigenvalue weighted by Crippen LogP contribution is -2.43. The van der Waals surface area contributed by atoms with Gasteiger partial charge in [-0.25, -0.2) is 4.79 Å². The van der Waals surface area contributed by atoms with Gasteiger partial charge in [0.2, 0.25) is 11.8 Å². The SMILES string of the molecule is O=C(COC(=O)c1ccc(N2C(=O)[C@@H]3[C@@H]4C[C@@H]([C@H]3C2=O)[C@H](c2ccccc2)C4)cc1)NNC(=O)c1ccc(Cl)cc1. The van der Waals surface area contributed by atoms with Crippen molar-refractivity contribution in [3.63, 3.8) is 0 Å².